The summed E-state index contributed by atoms with van der Waals surface area (Å²) in [5.41, 5.74) is 3.09. The zero-order valence-corrected chi connectivity index (χ0v) is 11.2. The van der Waals surface area contributed by atoms with Crippen LogP contribution in [0.15, 0.2) is 36.4 Å². The van der Waals surface area contributed by atoms with Crippen molar-refractivity contribution in [2.24, 2.45) is 0 Å². The minimum absolute atomic E-state index is 0.555. The molecule has 1 heteroatoms. The molecular formula is C17H21N. The van der Waals surface area contributed by atoms with Crippen LogP contribution >= 0.6 is 0 Å². The third kappa shape index (κ3) is 1.83. The monoisotopic (exact) mass is 239 g/mol. The van der Waals surface area contributed by atoms with Gasteiger partial charge in [-0.3, -0.25) is 0 Å². The van der Waals surface area contributed by atoms with Crippen molar-refractivity contribution in [2.75, 3.05) is 6.54 Å². The fourth-order valence-corrected chi connectivity index (χ4v) is 3.28. The lowest BCUT2D eigenvalue weighted by atomic mass is 9.96. The molecule has 0 aliphatic heterocycles. The van der Waals surface area contributed by atoms with E-state index >= 15 is 0 Å². The van der Waals surface area contributed by atoms with Gasteiger partial charge in [0.15, 0.2) is 0 Å². The smallest absolute Gasteiger partial charge is 0.0329 e. The van der Waals surface area contributed by atoms with Gasteiger partial charge in [0.25, 0.3) is 0 Å². The largest absolute Gasteiger partial charge is 0.310 e. The molecule has 1 N–H and O–H groups in total. The van der Waals surface area contributed by atoms with Gasteiger partial charge in [-0.15, -0.1) is 0 Å². The van der Waals surface area contributed by atoms with Crippen molar-refractivity contribution in [3.8, 4) is 0 Å². The maximum absolute atomic E-state index is 3.68. The van der Waals surface area contributed by atoms with Crippen LogP contribution in [-0.4, -0.2) is 6.54 Å². The van der Waals surface area contributed by atoms with Gasteiger partial charge in [0, 0.05) is 6.04 Å². The van der Waals surface area contributed by atoms with Crippen LogP contribution in [0.5, 0.6) is 0 Å². The number of hydrogen-bond acceptors (Lipinski definition) is 1. The first kappa shape index (κ1) is 11.7. The van der Waals surface area contributed by atoms with E-state index < -0.39 is 0 Å². The Kier molecular flexibility index (Phi) is 3.09. The predicted octanol–water partition coefficient (Wildman–Crippen LogP) is 4.39. The summed E-state index contributed by atoms with van der Waals surface area (Å²) >= 11 is 0. The second-order valence-electron chi connectivity index (χ2n) is 5.43. The lowest BCUT2D eigenvalue weighted by Crippen LogP contribution is -2.19. The fourth-order valence-electron chi connectivity index (χ4n) is 3.28. The second kappa shape index (κ2) is 4.74. The predicted molar refractivity (Wildman–Crippen MR) is 78.0 cm³/mol. The average Bonchev–Trinajstić information content (AvgIpc) is 2.73. The molecule has 2 aromatic carbocycles. The molecule has 2 atom stereocenters. The Morgan fingerprint density at radius 3 is 2.83 bits per heavy atom. The maximum Gasteiger partial charge on any atom is 0.0329 e. The van der Waals surface area contributed by atoms with Crippen LogP contribution in [0.2, 0.25) is 0 Å². The molecule has 0 heterocycles. The molecule has 1 nitrogen and oxygen atoms in total. The topological polar surface area (TPSA) is 12.0 Å². The molecule has 94 valence electrons. The number of hydrogen-bond donors (Lipinski definition) is 1. The van der Waals surface area contributed by atoms with Gasteiger partial charge in [-0.1, -0.05) is 50.2 Å². The molecule has 0 aromatic heterocycles. The van der Waals surface area contributed by atoms with E-state index in [1.54, 1.807) is 5.56 Å². The summed E-state index contributed by atoms with van der Waals surface area (Å²) in [5.74, 6) is 0.667. The molecule has 1 aliphatic carbocycles. The van der Waals surface area contributed by atoms with Crippen LogP contribution in [-0.2, 0) is 0 Å². The van der Waals surface area contributed by atoms with Crippen molar-refractivity contribution >= 4 is 10.8 Å². The quantitative estimate of drug-likeness (QED) is 0.837. The molecule has 0 amide bonds. The molecule has 3 rings (SSSR count). The summed E-state index contributed by atoms with van der Waals surface area (Å²) in [7, 11) is 0. The van der Waals surface area contributed by atoms with Crippen LogP contribution in [0, 0.1) is 0 Å². The molecule has 0 saturated carbocycles. The molecule has 2 aromatic rings. The zero-order valence-electron chi connectivity index (χ0n) is 11.2. The first-order chi connectivity index (χ1) is 8.81. The first-order valence-electron chi connectivity index (χ1n) is 7.06. The van der Waals surface area contributed by atoms with Gasteiger partial charge in [-0.2, -0.15) is 0 Å². The Morgan fingerprint density at radius 1 is 1.17 bits per heavy atom. The Labute approximate surface area is 109 Å². The van der Waals surface area contributed by atoms with Crippen molar-refractivity contribution < 1.29 is 0 Å². The molecule has 1 aliphatic rings. The highest BCUT2D eigenvalue weighted by molar-refractivity contribution is 5.88. The number of benzene rings is 2. The van der Waals surface area contributed by atoms with E-state index in [1.165, 1.54) is 29.2 Å². The molecule has 2 unspecified atom stereocenters. The van der Waals surface area contributed by atoms with Crippen molar-refractivity contribution in [3.63, 3.8) is 0 Å². The normalized spacial score (nSPS) is 22.3. The summed E-state index contributed by atoms with van der Waals surface area (Å²) < 4.78 is 0. The van der Waals surface area contributed by atoms with Gasteiger partial charge in [0.1, 0.15) is 0 Å². The van der Waals surface area contributed by atoms with E-state index in [0.717, 1.165) is 6.54 Å². The summed E-state index contributed by atoms with van der Waals surface area (Å²) in [4.78, 5) is 0. The average molecular weight is 239 g/mol. The Hall–Kier alpha value is -1.34. The van der Waals surface area contributed by atoms with E-state index in [4.69, 9.17) is 0 Å². The van der Waals surface area contributed by atoms with Gasteiger partial charge in [0.05, 0.1) is 0 Å². The van der Waals surface area contributed by atoms with Crippen molar-refractivity contribution in [1.82, 2.24) is 5.32 Å². The highest BCUT2D eigenvalue weighted by Crippen LogP contribution is 2.43. The number of rotatable bonds is 3. The molecule has 0 spiro atoms. The first-order valence-corrected chi connectivity index (χ1v) is 7.06. The SMILES string of the molecule is CCCNC1CC(C)c2c1ccc1ccccc21. The van der Waals surface area contributed by atoms with E-state index in [9.17, 15) is 0 Å². The molecule has 0 saturated heterocycles. The summed E-state index contributed by atoms with van der Waals surface area (Å²) in [5, 5.41) is 6.50. The highest BCUT2D eigenvalue weighted by atomic mass is 14.9. The van der Waals surface area contributed by atoms with Gasteiger partial charge in [0.2, 0.25) is 0 Å². The van der Waals surface area contributed by atoms with Crippen LogP contribution < -0.4 is 5.32 Å². The van der Waals surface area contributed by atoms with Crippen LogP contribution in [0.25, 0.3) is 10.8 Å². The minimum atomic E-state index is 0.555. The zero-order chi connectivity index (χ0) is 12.5. The van der Waals surface area contributed by atoms with E-state index in [0.29, 0.717) is 12.0 Å². The van der Waals surface area contributed by atoms with E-state index in [1.807, 2.05) is 0 Å². The van der Waals surface area contributed by atoms with Crippen molar-refractivity contribution in [2.45, 2.75) is 38.6 Å². The third-order valence-corrected chi connectivity index (χ3v) is 4.10. The summed E-state index contributed by atoms with van der Waals surface area (Å²) in [6, 6.07) is 13.9. The van der Waals surface area contributed by atoms with E-state index in [2.05, 4.69) is 55.6 Å². The Bertz CT molecular complexity index is 559. The summed E-state index contributed by atoms with van der Waals surface area (Å²) in [6.45, 7) is 5.70. The molecule has 0 radical (unpaired) electrons. The van der Waals surface area contributed by atoms with Crippen molar-refractivity contribution in [1.29, 1.82) is 0 Å². The highest BCUT2D eigenvalue weighted by Gasteiger charge is 2.28. The maximum atomic E-state index is 3.68. The van der Waals surface area contributed by atoms with Gasteiger partial charge in [-0.25, -0.2) is 0 Å². The summed E-state index contributed by atoms with van der Waals surface area (Å²) in [6.07, 6.45) is 2.44. The van der Waals surface area contributed by atoms with Crippen molar-refractivity contribution in [3.05, 3.63) is 47.5 Å². The Morgan fingerprint density at radius 2 is 2.00 bits per heavy atom. The standard InChI is InChI=1S/C17H21N/c1-3-10-18-16-11-12(2)17-14-7-5-4-6-13(14)8-9-15(16)17/h4-9,12,16,18H,3,10-11H2,1-2H3. The van der Waals surface area contributed by atoms with Crippen LogP contribution in [0.1, 0.15) is 49.8 Å². The van der Waals surface area contributed by atoms with Crippen LogP contribution in [0.3, 0.4) is 0 Å². The molecule has 0 fully saturated rings. The lowest BCUT2D eigenvalue weighted by Gasteiger charge is -2.13. The lowest BCUT2D eigenvalue weighted by molar-refractivity contribution is 0.505. The minimum Gasteiger partial charge on any atom is -0.310 e. The number of nitrogens with one attached hydrogen (secondary N) is 1. The second-order valence-corrected chi connectivity index (χ2v) is 5.43. The molecule has 18 heavy (non-hydrogen) atoms. The van der Waals surface area contributed by atoms with Gasteiger partial charge >= 0.3 is 0 Å². The Balaban J connectivity index is 2.08. The molecular weight excluding hydrogens is 218 g/mol. The molecule has 0 bridgehead atoms. The van der Waals surface area contributed by atoms with Crippen LogP contribution in [0.4, 0.5) is 0 Å². The van der Waals surface area contributed by atoms with Gasteiger partial charge < -0.3 is 5.32 Å². The third-order valence-electron chi connectivity index (χ3n) is 4.10. The van der Waals surface area contributed by atoms with Gasteiger partial charge in [-0.05, 0) is 47.2 Å². The van der Waals surface area contributed by atoms with E-state index in [-0.39, 0.29) is 0 Å². The number of fused-ring (bicyclic) bond motifs is 3. The fraction of sp³-hybridized carbons (Fsp3) is 0.412.